The van der Waals surface area contributed by atoms with Gasteiger partial charge in [-0.2, -0.15) is 0 Å². The Balaban J connectivity index is 1.83. The number of amides is 3. The molecule has 9 heteroatoms. The lowest BCUT2D eigenvalue weighted by atomic mass is 9.97. The van der Waals surface area contributed by atoms with Gasteiger partial charge in [-0.25, -0.2) is 9.18 Å². The molecule has 1 aliphatic heterocycles. The van der Waals surface area contributed by atoms with Gasteiger partial charge in [-0.1, -0.05) is 30.3 Å². The minimum Gasteiger partial charge on any atom is -0.445 e. The number of ketones is 1. The van der Waals surface area contributed by atoms with E-state index in [0.29, 0.717) is 19.4 Å². The number of halogens is 1. The first-order valence-corrected chi connectivity index (χ1v) is 8.98. The highest BCUT2D eigenvalue weighted by Gasteiger charge is 2.45. The lowest BCUT2D eigenvalue weighted by molar-refractivity contribution is -0.143. The average Bonchev–Trinajstić information content (AvgIpc) is 3.12. The van der Waals surface area contributed by atoms with Crippen molar-refractivity contribution in [3.05, 3.63) is 35.9 Å². The van der Waals surface area contributed by atoms with Gasteiger partial charge in [0.15, 0.2) is 5.78 Å². The number of likely N-dealkylation sites (tertiary alicyclic amines) is 1. The summed E-state index contributed by atoms with van der Waals surface area (Å²) in [5.41, 5.74) is -0.334. The zero-order chi connectivity index (χ0) is 20.6. The first-order valence-electron chi connectivity index (χ1n) is 8.98. The van der Waals surface area contributed by atoms with E-state index in [-0.39, 0.29) is 13.2 Å². The molecule has 3 amide bonds. The quantitative estimate of drug-likeness (QED) is 0.684. The molecule has 0 aliphatic carbocycles. The summed E-state index contributed by atoms with van der Waals surface area (Å²) in [7, 11) is 0. The summed E-state index contributed by atoms with van der Waals surface area (Å²) in [5.74, 6) is -1.70. The van der Waals surface area contributed by atoms with Crippen molar-refractivity contribution in [3.8, 4) is 0 Å². The highest BCUT2D eigenvalue weighted by Crippen LogP contribution is 2.29. The van der Waals surface area contributed by atoms with Gasteiger partial charge >= 0.3 is 6.09 Å². The zero-order valence-electron chi connectivity index (χ0n) is 15.7. The number of nitrogens with zero attached hydrogens (tertiary/aromatic N) is 1. The molecule has 2 N–H and O–H groups in total. The fourth-order valence-electron chi connectivity index (χ4n) is 3.03. The Kier molecular flexibility index (Phi) is 7.48. The molecule has 8 nitrogen and oxygen atoms in total. The molecule has 0 unspecified atom stereocenters. The van der Waals surface area contributed by atoms with Crippen LogP contribution in [0.2, 0.25) is 0 Å². The van der Waals surface area contributed by atoms with Gasteiger partial charge in [-0.05, 0) is 25.3 Å². The van der Waals surface area contributed by atoms with Crippen LogP contribution in [0.3, 0.4) is 0 Å². The van der Waals surface area contributed by atoms with Crippen molar-refractivity contribution in [3.63, 3.8) is 0 Å². The third-order valence-electron chi connectivity index (χ3n) is 4.62. The van der Waals surface area contributed by atoms with E-state index in [1.54, 1.807) is 19.1 Å². The van der Waals surface area contributed by atoms with Crippen LogP contribution in [0.4, 0.5) is 9.18 Å². The number of nitrogens with one attached hydrogen (secondary N) is 2. The molecule has 28 heavy (non-hydrogen) atoms. The largest absolute Gasteiger partial charge is 0.445 e. The minimum atomic E-state index is -1.16. The van der Waals surface area contributed by atoms with Crippen molar-refractivity contribution in [1.82, 2.24) is 15.5 Å². The highest BCUT2D eigenvalue weighted by atomic mass is 19.1. The summed E-state index contributed by atoms with van der Waals surface area (Å²) in [6.45, 7) is 0.111. The average molecular weight is 393 g/mol. The van der Waals surface area contributed by atoms with Crippen LogP contribution in [0.1, 0.15) is 25.3 Å². The van der Waals surface area contributed by atoms with E-state index in [1.807, 2.05) is 18.2 Å². The molecule has 0 spiro atoms. The second-order valence-corrected chi connectivity index (χ2v) is 6.69. The normalized spacial score (nSPS) is 18.4. The van der Waals surface area contributed by atoms with Crippen molar-refractivity contribution < 1.29 is 28.3 Å². The summed E-state index contributed by atoms with van der Waals surface area (Å²) in [5, 5.41) is 4.75. The predicted molar refractivity (Wildman–Crippen MR) is 98.0 cm³/mol. The number of benzene rings is 1. The van der Waals surface area contributed by atoms with Crippen LogP contribution < -0.4 is 10.6 Å². The van der Waals surface area contributed by atoms with Crippen LogP contribution >= 0.6 is 0 Å². The van der Waals surface area contributed by atoms with Crippen molar-refractivity contribution in [1.29, 1.82) is 0 Å². The molecule has 0 aromatic heterocycles. The number of hydrogen-bond donors (Lipinski definition) is 2. The maximum atomic E-state index is 12.5. The van der Waals surface area contributed by atoms with Gasteiger partial charge in [0.1, 0.15) is 25.4 Å². The number of hydrogen-bond acceptors (Lipinski definition) is 5. The first kappa shape index (κ1) is 21.3. The minimum absolute atomic E-state index is 0.0767. The van der Waals surface area contributed by atoms with Gasteiger partial charge < -0.3 is 20.3 Å². The number of rotatable bonds is 8. The molecule has 1 fully saturated rings. The first-order chi connectivity index (χ1) is 13.4. The van der Waals surface area contributed by atoms with Crippen LogP contribution in [0.5, 0.6) is 0 Å². The summed E-state index contributed by atoms with van der Waals surface area (Å²) in [6.07, 6.45) is 0.272. The molecule has 1 aliphatic rings. The molecular formula is C19H24FN3O5. The Labute approximate surface area is 162 Å². The standard InChI is InChI=1S/C19H24FN3O5/c1-19(17(26)21-11-15(24)10-20)8-5-9-23(19)16(25)12-22-18(27)28-13-14-6-3-2-4-7-14/h2-4,6-7H,5,8-13H2,1H3,(H,21,26)(H,22,27)/t19-/m0/s1. The number of ether oxygens (including phenoxy) is 1. The molecule has 1 saturated heterocycles. The molecule has 0 bridgehead atoms. The van der Waals surface area contributed by atoms with E-state index in [2.05, 4.69) is 10.6 Å². The van der Waals surface area contributed by atoms with Gasteiger partial charge in [-0.15, -0.1) is 0 Å². The Morgan fingerprint density at radius 3 is 2.54 bits per heavy atom. The molecule has 1 heterocycles. The lowest BCUT2D eigenvalue weighted by Gasteiger charge is -2.33. The van der Waals surface area contributed by atoms with E-state index in [9.17, 15) is 23.6 Å². The molecule has 152 valence electrons. The van der Waals surface area contributed by atoms with E-state index < -0.39 is 42.4 Å². The van der Waals surface area contributed by atoms with E-state index >= 15 is 0 Å². The molecule has 1 aromatic rings. The summed E-state index contributed by atoms with van der Waals surface area (Å²) in [6, 6.07) is 9.10. The predicted octanol–water partition coefficient (Wildman–Crippen LogP) is 0.949. The third kappa shape index (κ3) is 5.51. The van der Waals surface area contributed by atoms with Crippen molar-refractivity contribution in [2.75, 3.05) is 26.3 Å². The summed E-state index contributed by atoms with van der Waals surface area (Å²) >= 11 is 0. The van der Waals surface area contributed by atoms with Gasteiger partial charge in [0.2, 0.25) is 11.8 Å². The maximum absolute atomic E-state index is 12.5. The molecule has 0 radical (unpaired) electrons. The number of carbonyl (C=O) groups is 4. The fraction of sp³-hybridized carbons (Fsp3) is 0.474. The fourth-order valence-corrected chi connectivity index (χ4v) is 3.03. The van der Waals surface area contributed by atoms with Crippen molar-refractivity contribution in [2.45, 2.75) is 31.9 Å². The third-order valence-corrected chi connectivity index (χ3v) is 4.62. The van der Waals surface area contributed by atoms with Crippen LogP contribution in [0.25, 0.3) is 0 Å². The van der Waals surface area contributed by atoms with Crippen LogP contribution in [-0.4, -0.2) is 60.4 Å². The van der Waals surface area contributed by atoms with Crippen LogP contribution in [0, 0.1) is 0 Å². The van der Waals surface area contributed by atoms with Gasteiger partial charge in [0.25, 0.3) is 0 Å². The summed E-state index contributed by atoms with van der Waals surface area (Å²) in [4.78, 5) is 49.1. The second-order valence-electron chi connectivity index (χ2n) is 6.69. The Hall–Kier alpha value is -2.97. The molecule has 2 rings (SSSR count). The van der Waals surface area contributed by atoms with E-state index in [4.69, 9.17) is 4.74 Å². The molecule has 1 aromatic carbocycles. The highest BCUT2D eigenvalue weighted by molar-refractivity contribution is 5.95. The molecule has 1 atom stereocenters. The van der Waals surface area contributed by atoms with Crippen LogP contribution in [-0.2, 0) is 25.7 Å². The number of carbonyl (C=O) groups excluding carboxylic acids is 4. The van der Waals surface area contributed by atoms with Crippen LogP contribution in [0.15, 0.2) is 30.3 Å². The molecule has 0 saturated carbocycles. The molecular weight excluding hydrogens is 369 g/mol. The van der Waals surface area contributed by atoms with E-state index in [0.717, 1.165) is 5.56 Å². The Morgan fingerprint density at radius 2 is 1.86 bits per heavy atom. The topological polar surface area (TPSA) is 105 Å². The van der Waals surface area contributed by atoms with Gasteiger partial charge in [-0.3, -0.25) is 14.4 Å². The number of alkyl carbamates (subject to hydrolysis) is 1. The number of Topliss-reactive ketones (excluding diaryl/α,β-unsaturated/α-hetero) is 1. The maximum Gasteiger partial charge on any atom is 0.407 e. The zero-order valence-corrected chi connectivity index (χ0v) is 15.7. The Morgan fingerprint density at radius 1 is 1.14 bits per heavy atom. The van der Waals surface area contributed by atoms with Crippen molar-refractivity contribution in [2.24, 2.45) is 0 Å². The summed E-state index contributed by atoms with van der Waals surface area (Å²) < 4.78 is 17.3. The Bertz CT molecular complexity index is 728. The lowest BCUT2D eigenvalue weighted by Crippen LogP contribution is -2.57. The number of alkyl halides is 1. The monoisotopic (exact) mass is 393 g/mol. The second kappa shape index (κ2) is 9.82. The van der Waals surface area contributed by atoms with E-state index in [1.165, 1.54) is 4.90 Å². The SMILES string of the molecule is C[C@@]1(C(=O)NCC(=O)CF)CCCN1C(=O)CNC(=O)OCc1ccccc1. The van der Waals surface area contributed by atoms with Gasteiger partial charge in [0, 0.05) is 6.54 Å². The smallest absolute Gasteiger partial charge is 0.407 e. The van der Waals surface area contributed by atoms with Crippen molar-refractivity contribution >= 4 is 23.7 Å². The van der Waals surface area contributed by atoms with Gasteiger partial charge in [0.05, 0.1) is 6.54 Å².